The van der Waals surface area contributed by atoms with E-state index in [0.717, 1.165) is 0 Å². The first-order chi connectivity index (χ1) is 11.9. The second kappa shape index (κ2) is 7.70. The number of nitriles is 1. The monoisotopic (exact) mass is 339 g/mol. The molecule has 8 heteroatoms. The Balaban J connectivity index is 1.96. The average Bonchev–Trinajstić information content (AvgIpc) is 2.62. The van der Waals surface area contributed by atoms with E-state index >= 15 is 0 Å². The van der Waals surface area contributed by atoms with Crippen LogP contribution in [0, 0.1) is 21.4 Å². The highest BCUT2D eigenvalue weighted by Gasteiger charge is 2.19. The SMILES string of the molecule is C[C@@H](OC(=O)c1ccc([N+](=O)[O-])cc1)C(=O)Nc1ccc(C#N)cc1. The largest absolute Gasteiger partial charge is 0.449 e. The van der Waals surface area contributed by atoms with Crippen molar-refractivity contribution < 1.29 is 19.2 Å². The lowest BCUT2D eigenvalue weighted by Crippen LogP contribution is -2.30. The van der Waals surface area contributed by atoms with Crippen LogP contribution >= 0.6 is 0 Å². The number of esters is 1. The van der Waals surface area contributed by atoms with Crippen LogP contribution in [0.4, 0.5) is 11.4 Å². The molecule has 0 saturated carbocycles. The normalized spacial score (nSPS) is 11.0. The number of hydrogen-bond acceptors (Lipinski definition) is 6. The molecule has 0 aliphatic rings. The molecule has 2 aromatic rings. The molecule has 0 fully saturated rings. The molecule has 25 heavy (non-hydrogen) atoms. The Morgan fingerprint density at radius 2 is 1.76 bits per heavy atom. The molecule has 1 N–H and O–H groups in total. The van der Waals surface area contributed by atoms with E-state index in [1.54, 1.807) is 24.3 Å². The number of nitro benzene ring substituents is 1. The molecule has 8 nitrogen and oxygen atoms in total. The number of non-ortho nitro benzene ring substituents is 1. The van der Waals surface area contributed by atoms with Gasteiger partial charge in [0.25, 0.3) is 11.6 Å². The van der Waals surface area contributed by atoms with E-state index in [1.807, 2.05) is 6.07 Å². The maximum absolute atomic E-state index is 12.0. The van der Waals surface area contributed by atoms with Crippen LogP contribution in [-0.4, -0.2) is 22.9 Å². The first-order valence-corrected chi connectivity index (χ1v) is 7.17. The zero-order chi connectivity index (χ0) is 18.4. The summed E-state index contributed by atoms with van der Waals surface area (Å²) in [5, 5.41) is 21.9. The van der Waals surface area contributed by atoms with Crippen LogP contribution in [0.5, 0.6) is 0 Å². The fraction of sp³-hybridized carbons (Fsp3) is 0.118. The number of nitrogens with one attached hydrogen (secondary N) is 1. The molecular weight excluding hydrogens is 326 g/mol. The molecule has 1 amide bonds. The number of rotatable bonds is 5. The van der Waals surface area contributed by atoms with Gasteiger partial charge in [0.15, 0.2) is 6.10 Å². The Bertz CT molecular complexity index is 838. The van der Waals surface area contributed by atoms with Crippen LogP contribution in [0.2, 0.25) is 0 Å². The van der Waals surface area contributed by atoms with E-state index in [-0.39, 0.29) is 11.3 Å². The van der Waals surface area contributed by atoms with Crippen LogP contribution < -0.4 is 5.32 Å². The van der Waals surface area contributed by atoms with Crippen molar-refractivity contribution in [2.45, 2.75) is 13.0 Å². The maximum Gasteiger partial charge on any atom is 0.338 e. The highest BCUT2D eigenvalue weighted by atomic mass is 16.6. The second-order valence-electron chi connectivity index (χ2n) is 5.03. The molecular formula is C17H13N3O5. The number of anilines is 1. The summed E-state index contributed by atoms with van der Waals surface area (Å²) in [6.07, 6.45) is -1.07. The molecule has 0 aromatic heterocycles. The number of hydrogen-bond donors (Lipinski definition) is 1. The highest BCUT2D eigenvalue weighted by Crippen LogP contribution is 2.14. The third kappa shape index (κ3) is 4.62. The van der Waals surface area contributed by atoms with Crippen molar-refractivity contribution in [2.24, 2.45) is 0 Å². The number of carbonyl (C=O) groups is 2. The Labute approximate surface area is 142 Å². The molecule has 0 unspecified atom stereocenters. The zero-order valence-corrected chi connectivity index (χ0v) is 13.1. The van der Waals surface area contributed by atoms with Gasteiger partial charge in [-0.05, 0) is 43.3 Å². The van der Waals surface area contributed by atoms with Crippen LogP contribution in [0.15, 0.2) is 48.5 Å². The fourth-order valence-corrected chi connectivity index (χ4v) is 1.87. The minimum atomic E-state index is -1.07. The van der Waals surface area contributed by atoms with Crippen LogP contribution in [0.25, 0.3) is 0 Å². The van der Waals surface area contributed by atoms with Gasteiger partial charge < -0.3 is 10.1 Å². The second-order valence-corrected chi connectivity index (χ2v) is 5.03. The maximum atomic E-state index is 12.0. The number of nitro groups is 1. The summed E-state index contributed by atoms with van der Waals surface area (Å²) in [7, 11) is 0. The lowest BCUT2D eigenvalue weighted by Gasteiger charge is -2.13. The Morgan fingerprint density at radius 1 is 1.16 bits per heavy atom. The molecule has 0 bridgehead atoms. The van der Waals surface area contributed by atoms with E-state index in [9.17, 15) is 19.7 Å². The smallest absolute Gasteiger partial charge is 0.338 e. The molecule has 0 saturated heterocycles. The Hall–Kier alpha value is -3.73. The van der Waals surface area contributed by atoms with Gasteiger partial charge in [-0.2, -0.15) is 5.26 Å². The number of ether oxygens (including phenoxy) is 1. The van der Waals surface area contributed by atoms with Crippen molar-refractivity contribution in [1.29, 1.82) is 5.26 Å². The molecule has 0 spiro atoms. The third-order valence-electron chi connectivity index (χ3n) is 3.25. The van der Waals surface area contributed by atoms with Crippen LogP contribution in [0.3, 0.4) is 0 Å². The number of nitrogens with zero attached hydrogens (tertiary/aromatic N) is 2. The Morgan fingerprint density at radius 3 is 2.28 bits per heavy atom. The lowest BCUT2D eigenvalue weighted by molar-refractivity contribution is -0.384. The van der Waals surface area contributed by atoms with Gasteiger partial charge in [0.05, 0.1) is 22.1 Å². The fourth-order valence-electron chi connectivity index (χ4n) is 1.87. The van der Waals surface area contributed by atoms with E-state index in [2.05, 4.69) is 5.32 Å². The molecule has 2 aromatic carbocycles. The summed E-state index contributed by atoms with van der Waals surface area (Å²) in [6.45, 7) is 1.41. The molecule has 0 radical (unpaired) electrons. The number of carbonyl (C=O) groups excluding carboxylic acids is 2. The molecule has 0 heterocycles. The van der Waals surface area contributed by atoms with Gasteiger partial charge in [-0.3, -0.25) is 14.9 Å². The number of amides is 1. The Kier molecular flexibility index (Phi) is 5.43. The molecule has 1 atom stereocenters. The first-order valence-electron chi connectivity index (χ1n) is 7.17. The molecule has 126 valence electrons. The van der Waals surface area contributed by atoms with Crippen LogP contribution in [-0.2, 0) is 9.53 Å². The minimum Gasteiger partial charge on any atom is -0.449 e. The summed E-state index contributed by atoms with van der Waals surface area (Å²) in [6, 6.07) is 13.0. The van der Waals surface area contributed by atoms with Gasteiger partial charge >= 0.3 is 5.97 Å². The van der Waals surface area contributed by atoms with Gasteiger partial charge in [0.1, 0.15) is 0 Å². The topological polar surface area (TPSA) is 122 Å². The van der Waals surface area contributed by atoms with E-state index in [0.29, 0.717) is 11.3 Å². The average molecular weight is 339 g/mol. The summed E-state index contributed by atoms with van der Waals surface area (Å²) >= 11 is 0. The van der Waals surface area contributed by atoms with Crippen molar-refractivity contribution in [3.63, 3.8) is 0 Å². The minimum absolute atomic E-state index is 0.101. The summed E-state index contributed by atoms with van der Waals surface area (Å²) < 4.78 is 5.04. The molecule has 0 aliphatic carbocycles. The lowest BCUT2D eigenvalue weighted by atomic mass is 10.2. The molecule has 2 rings (SSSR count). The van der Waals surface area contributed by atoms with Crippen molar-refractivity contribution in [1.82, 2.24) is 0 Å². The zero-order valence-electron chi connectivity index (χ0n) is 13.1. The molecule has 0 aliphatic heterocycles. The summed E-state index contributed by atoms with van der Waals surface area (Å²) in [5.74, 6) is -1.31. The van der Waals surface area contributed by atoms with Crippen molar-refractivity contribution in [3.8, 4) is 6.07 Å². The summed E-state index contributed by atoms with van der Waals surface area (Å²) in [5.41, 5.74) is 0.865. The van der Waals surface area contributed by atoms with Gasteiger partial charge in [-0.1, -0.05) is 0 Å². The quantitative estimate of drug-likeness (QED) is 0.507. The van der Waals surface area contributed by atoms with Gasteiger partial charge in [0, 0.05) is 17.8 Å². The standard InChI is InChI=1S/C17H13N3O5/c1-11(16(21)19-14-6-2-12(10-18)3-7-14)25-17(22)13-4-8-15(9-5-13)20(23)24/h2-9,11H,1H3,(H,19,21)/t11-/m1/s1. The first kappa shape index (κ1) is 17.6. The predicted octanol–water partition coefficient (Wildman–Crippen LogP) is 2.65. The highest BCUT2D eigenvalue weighted by molar-refractivity contribution is 5.97. The van der Waals surface area contributed by atoms with Crippen molar-refractivity contribution >= 4 is 23.3 Å². The number of benzene rings is 2. The van der Waals surface area contributed by atoms with E-state index in [1.165, 1.54) is 31.2 Å². The predicted molar refractivity (Wildman–Crippen MR) is 87.8 cm³/mol. The van der Waals surface area contributed by atoms with Gasteiger partial charge in [-0.15, -0.1) is 0 Å². The van der Waals surface area contributed by atoms with Crippen molar-refractivity contribution in [2.75, 3.05) is 5.32 Å². The van der Waals surface area contributed by atoms with Crippen molar-refractivity contribution in [3.05, 3.63) is 69.8 Å². The summed E-state index contributed by atoms with van der Waals surface area (Å²) in [4.78, 5) is 34.0. The van der Waals surface area contributed by atoms with Crippen LogP contribution in [0.1, 0.15) is 22.8 Å². The third-order valence-corrected chi connectivity index (χ3v) is 3.25. The van der Waals surface area contributed by atoms with E-state index in [4.69, 9.17) is 10.00 Å². The van der Waals surface area contributed by atoms with Gasteiger partial charge in [-0.25, -0.2) is 4.79 Å². The van der Waals surface area contributed by atoms with E-state index < -0.39 is 22.9 Å². The van der Waals surface area contributed by atoms with Gasteiger partial charge in [0.2, 0.25) is 0 Å².